The van der Waals surface area contributed by atoms with Crippen LogP contribution in [0.25, 0.3) is 0 Å². The highest BCUT2D eigenvalue weighted by Gasteiger charge is 2.16. The molecule has 17 heavy (non-hydrogen) atoms. The summed E-state index contributed by atoms with van der Waals surface area (Å²) in [5.41, 5.74) is 6.39. The van der Waals surface area contributed by atoms with Gasteiger partial charge >= 0.3 is 0 Å². The van der Waals surface area contributed by atoms with E-state index in [0.29, 0.717) is 12.2 Å². The van der Waals surface area contributed by atoms with E-state index in [9.17, 15) is 8.78 Å². The molecule has 96 valence electrons. The van der Waals surface area contributed by atoms with E-state index in [1.54, 1.807) is 6.07 Å². The van der Waals surface area contributed by atoms with Crippen molar-refractivity contribution in [2.24, 2.45) is 11.1 Å². The van der Waals surface area contributed by atoms with E-state index in [0.717, 1.165) is 19.0 Å². The number of benzene rings is 1. The van der Waals surface area contributed by atoms with E-state index in [1.807, 2.05) is 11.9 Å². The Morgan fingerprint density at radius 3 is 2.41 bits per heavy atom. The Morgan fingerprint density at radius 1 is 1.24 bits per heavy atom. The van der Waals surface area contributed by atoms with Crippen LogP contribution in [0.2, 0.25) is 0 Å². The van der Waals surface area contributed by atoms with Crippen LogP contribution in [0.5, 0.6) is 0 Å². The molecule has 0 fully saturated rings. The van der Waals surface area contributed by atoms with Gasteiger partial charge in [-0.25, -0.2) is 8.78 Å². The number of rotatable bonds is 5. The summed E-state index contributed by atoms with van der Waals surface area (Å²) in [7, 11) is 1.86. The van der Waals surface area contributed by atoms with Crippen LogP contribution in [0.15, 0.2) is 18.2 Å². The Bertz CT molecular complexity index is 378. The first-order valence-corrected chi connectivity index (χ1v) is 5.72. The first-order valence-electron chi connectivity index (χ1n) is 5.72. The molecule has 4 heteroatoms. The van der Waals surface area contributed by atoms with Gasteiger partial charge in [0.15, 0.2) is 11.6 Å². The van der Waals surface area contributed by atoms with Crippen LogP contribution in [0.4, 0.5) is 14.5 Å². The van der Waals surface area contributed by atoms with Crippen LogP contribution < -0.4 is 10.6 Å². The molecule has 0 bridgehead atoms. The van der Waals surface area contributed by atoms with Crippen LogP contribution >= 0.6 is 0 Å². The van der Waals surface area contributed by atoms with Crippen LogP contribution in [0.3, 0.4) is 0 Å². The van der Waals surface area contributed by atoms with Gasteiger partial charge in [-0.2, -0.15) is 0 Å². The van der Waals surface area contributed by atoms with Crippen molar-refractivity contribution in [3.63, 3.8) is 0 Å². The number of hydrogen-bond acceptors (Lipinski definition) is 2. The maximum Gasteiger partial charge on any atom is 0.160 e. The second-order valence-electron chi connectivity index (χ2n) is 5.14. The summed E-state index contributed by atoms with van der Waals surface area (Å²) in [4.78, 5) is 1.90. The molecule has 0 radical (unpaired) electrons. The molecule has 1 aromatic rings. The molecule has 0 aliphatic heterocycles. The minimum absolute atomic E-state index is 0.0623. The number of nitrogens with two attached hydrogens (primary N) is 1. The van der Waals surface area contributed by atoms with Crippen molar-refractivity contribution in [1.29, 1.82) is 0 Å². The molecule has 0 aromatic heterocycles. The highest BCUT2D eigenvalue weighted by molar-refractivity contribution is 5.45. The average Bonchev–Trinajstić information content (AvgIpc) is 2.30. The van der Waals surface area contributed by atoms with Crippen molar-refractivity contribution in [3.05, 3.63) is 29.8 Å². The third kappa shape index (κ3) is 3.97. The monoisotopic (exact) mass is 242 g/mol. The second-order valence-corrected chi connectivity index (χ2v) is 5.14. The van der Waals surface area contributed by atoms with E-state index in [1.165, 1.54) is 6.07 Å². The SMILES string of the molecule is CN(CCC(C)(C)CN)c1ccc(F)c(F)c1. The molecule has 1 rings (SSSR count). The van der Waals surface area contributed by atoms with Crippen molar-refractivity contribution < 1.29 is 8.78 Å². The minimum atomic E-state index is -0.815. The number of anilines is 1. The maximum absolute atomic E-state index is 13.1. The topological polar surface area (TPSA) is 29.3 Å². The predicted octanol–water partition coefficient (Wildman–Crippen LogP) is 2.78. The minimum Gasteiger partial charge on any atom is -0.374 e. The Morgan fingerprint density at radius 2 is 1.88 bits per heavy atom. The van der Waals surface area contributed by atoms with Crippen molar-refractivity contribution in [2.45, 2.75) is 20.3 Å². The van der Waals surface area contributed by atoms with Crippen LogP contribution in [0, 0.1) is 17.0 Å². The summed E-state index contributed by atoms with van der Waals surface area (Å²) in [6.07, 6.45) is 0.902. The van der Waals surface area contributed by atoms with Crippen molar-refractivity contribution in [1.82, 2.24) is 0 Å². The lowest BCUT2D eigenvalue weighted by Gasteiger charge is -2.27. The van der Waals surface area contributed by atoms with E-state index in [4.69, 9.17) is 5.73 Å². The summed E-state index contributed by atoms with van der Waals surface area (Å²) in [6, 6.07) is 3.94. The predicted molar refractivity (Wildman–Crippen MR) is 67.1 cm³/mol. The maximum atomic E-state index is 13.1. The zero-order valence-electron chi connectivity index (χ0n) is 10.6. The molecule has 0 aliphatic rings. The molecular formula is C13H20F2N2. The van der Waals surface area contributed by atoms with E-state index in [2.05, 4.69) is 13.8 Å². The molecule has 0 amide bonds. The third-order valence-electron chi connectivity index (χ3n) is 3.02. The molecule has 0 spiro atoms. The second kappa shape index (κ2) is 5.45. The summed E-state index contributed by atoms with van der Waals surface area (Å²) >= 11 is 0. The van der Waals surface area contributed by atoms with Crippen molar-refractivity contribution in [2.75, 3.05) is 25.0 Å². The van der Waals surface area contributed by atoms with E-state index < -0.39 is 11.6 Å². The summed E-state index contributed by atoms with van der Waals surface area (Å²) in [6.45, 7) is 5.55. The highest BCUT2D eigenvalue weighted by atomic mass is 19.2. The fourth-order valence-electron chi connectivity index (χ4n) is 1.42. The molecule has 0 saturated heterocycles. The Kier molecular flexibility index (Phi) is 4.46. The zero-order valence-corrected chi connectivity index (χ0v) is 10.6. The number of nitrogens with zero attached hydrogens (tertiary/aromatic N) is 1. The van der Waals surface area contributed by atoms with Crippen LogP contribution in [-0.4, -0.2) is 20.1 Å². The lowest BCUT2D eigenvalue weighted by molar-refractivity contribution is 0.351. The van der Waals surface area contributed by atoms with Crippen molar-refractivity contribution >= 4 is 5.69 Å². The molecule has 2 nitrogen and oxygen atoms in total. The van der Waals surface area contributed by atoms with Gasteiger partial charge in [-0.1, -0.05) is 13.8 Å². The van der Waals surface area contributed by atoms with Crippen LogP contribution in [-0.2, 0) is 0 Å². The van der Waals surface area contributed by atoms with Gasteiger partial charge in [0.05, 0.1) is 0 Å². The first kappa shape index (κ1) is 13.9. The number of hydrogen-bond donors (Lipinski definition) is 1. The summed E-state index contributed by atoms with van der Waals surface area (Å²) in [5.74, 6) is -1.63. The van der Waals surface area contributed by atoms with Gasteiger partial charge in [0.25, 0.3) is 0 Å². The quantitative estimate of drug-likeness (QED) is 0.860. The first-order chi connectivity index (χ1) is 7.85. The standard InChI is InChI=1S/C13H20F2N2/c1-13(2,9-16)6-7-17(3)10-4-5-11(14)12(15)8-10/h4-5,8H,6-7,9,16H2,1-3H3. The summed E-state index contributed by atoms with van der Waals surface area (Å²) < 4.78 is 25.8. The van der Waals surface area contributed by atoms with Gasteiger partial charge in [0, 0.05) is 25.3 Å². The molecular weight excluding hydrogens is 222 g/mol. The van der Waals surface area contributed by atoms with Gasteiger partial charge in [-0.05, 0) is 30.5 Å². The molecule has 0 heterocycles. The summed E-state index contributed by atoms with van der Waals surface area (Å²) in [5, 5.41) is 0. The van der Waals surface area contributed by atoms with E-state index in [-0.39, 0.29) is 5.41 Å². The van der Waals surface area contributed by atoms with Gasteiger partial charge in [0.1, 0.15) is 0 Å². The largest absolute Gasteiger partial charge is 0.374 e. The fourth-order valence-corrected chi connectivity index (χ4v) is 1.42. The zero-order chi connectivity index (χ0) is 13.1. The normalized spacial score (nSPS) is 11.6. The Labute approximate surface area is 101 Å². The third-order valence-corrected chi connectivity index (χ3v) is 3.02. The van der Waals surface area contributed by atoms with Gasteiger partial charge < -0.3 is 10.6 Å². The fraction of sp³-hybridized carbons (Fsp3) is 0.538. The van der Waals surface area contributed by atoms with Crippen molar-refractivity contribution in [3.8, 4) is 0 Å². The molecule has 0 atom stereocenters. The molecule has 0 aliphatic carbocycles. The average molecular weight is 242 g/mol. The van der Waals surface area contributed by atoms with Crippen LogP contribution in [0.1, 0.15) is 20.3 Å². The van der Waals surface area contributed by atoms with Gasteiger partial charge in [-0.3, -0.25) is 0 Å². The van der Waals surface area contributed by atoms with Gasteiger partial charge in [0.2, 0.25) is 0 Å². The van der Waals surface area contributed by atoms with Gasteiger partial charge in [-0.15, -0.1) is 0 Å². The molecule has 2 N–H and O–H groups in total. The van der Waals surface area contributed by atoms with E-state index >= 15 is 0 Å². The molecule has 0 saturated carbocycles. The lowest BCUT2D eigenvalue weighted by Crippen LogP contribution is -2.29. The number of halogens is 2. The lowest BCUT2D eigenvalue weighted by atomic mass is 9.89. The smallest absolute Gasteiger partial charge is 0.160 e. The Balaban J connectivity index is 2.64. The Hall–Kier alpha value is -1.16. The highest BCUT2D eigenvalue weighted by Crippen LogP contribution is 2.21. The molecule has 0 unspecified atom stereocenters. The molecule has 1 aromatic carbocycles.